The van der Waals surface area contributed by atoms with E-state index in [9.17, 15) is 22.8 Å². The van der Waals surface area contributed by atoms with Crippen LogP contribution >= 0.6 is 0 Å². The first-order chi connectivity index (χ1) is 18.6. The number of methoxy groups -OCH3 is 1. The van der Waals surface area contributed by atoms with E-state index >= 15 is 0 Å². The molecule has 0 bridgehead atoms. The first-order valence-corrected chi connectivity index (χ1v) is 13.0. The van der Waals surface area contributed by atoms with E-state index in [1.54, 1.807) is 18.2 Å². The van der Waals surface area contributed by atoms with E-state index in [-0.39, 0.29) is 23.5 Å². The lowest BCUT2D eigenvalue weighted by molar-refractivity contribution is -0.274. The Hall–Kier alpha value is -3.31. The Labute approximate surface area is 224 Å². The molecule has 210 valence electrons. The summed E-state index contributed by atoms with van der Waals surface area (Å²) in [6.07, 6.45) is -1.81. The average Bonchev–Trinajstić information content (AvgIpc) is 3.55. The third-order valence-corrected chi connectivity index (χ3v) is 7.80. The number of carbonyl (C=O) groups is 2. The van der Waals surface area contributed by atoms with Crippen molar-refractivity contribution < 1.29 is 41.7 Å². The highest BCUT2D eigenvalue weighted by molar-refractivity contribution is 5.90. The third-order valence-electron chi connectivity index (χ3n) is 7.80. The zero-order valence-electron chi connectivity index (χ0n) is 21.6. The van der Waals surface area contributed by atoms with Crippen molar-refractivity contribution in [3.63, 3.8) is 0 Å². The molecule has 2 aromatic carbocycles. The van der Waals surface area contributed by atoms with Gasteiger partial charge in [-0.1, -0.05) is 18.2 Å². The van der Waals surface area contributed by atoms with Gasteiger partial charge in [-0.15, -0.1) is 13.2 Å². The number of amides is 1. The Morgan fingerprint density at radius 1 is 1.03 bits per heavy atom. The van der Waals surface area contributed by atoms with E-state index in [1.807, 2.05) is 12.1 Å². The summed E-state index contributed by atoms with van der Waals surface area (Å²) in [6.45, 7) is 1.97. The zero-order chi connectivity index (χ0) is 27.7. The molecule has 3 aliphatic rings. The summed E-state index contributed by atoms with van der Waals surface area (Å²) < 4.78 is 58.2. The van der Waals surface area contributed by atoms with E-state index in [1.165, 1.54) is 25.3 Å². The van der Waals surface area contributed by atoms with Crippen molar-refractivity contribution in [1.82, 2.24) is 10.2 Å². The van der Waals surface area contributed by atoms with E-state index in [0.717, 1.165) is 18.4 Å². The smallest absolute Gasteiger partial charge is 0.489 e. The van der Waals surface area contributed by atoms with Gasteiger partial charge in [0.15, 0.2) is 0 Å². The molecule has 0 aromatic heterocycles. The van der Waals surface area contributed by atoms with Gasteiger partial charge in [-0.3, -0.25) is 9.69 Å². The SMILES string of the molecule is COC(=O)c1ccc(C2(NC(=O)C3(N4CC[C@@H](Oc5cccc(OC(F)(F)F)c5)C4)CCOCC3)CC2)cc1. The summed E-state index contributed by atoms with van der Waals surface area (Å²) in [5.74, 6) is -0.547. The highest BCUT2D eigenvalue weighted by Gasteiger charge is 2.53. The second-order valence-electron chi connectivity index (χ2n) is 10.2. The number of esters is 1. The van der Waals surface area contributed by atoms with Crippen LogP contribution in [0.25, 0.3) is 0 Å². The molecule has 1 aliphatic carbocycles. The first kappa shape index (κ1) is 27.3. The lowest BCUT2D eigenvalue weighted by atomic mass is 9.86. The molecule has 11 heteroatoms. The molecule has 2 heterocycles. The number of likely N-dealkylation sites (tertiary alicyclic amines) is 1. The van der Waals surface area contributed by atoms with E-state index < -0.39 is 23.4 Å². The zero-order valence-corrected chi connectivity index (χ0v) is 21.6. The molecule has 3 fully saturated rings. The molecule has 5 rings (SSSR count). The van der Waals surface area contributed by atoms with Gasteiger partial charge in [-0.25, -0.2) is 4.79 Å². The van der Waals surface area contributed by atoms with Crippen LogP contribution in [0, 0.1) is 0 Å². The van der Waals surface area contributed by atoms with Crippen LogP contribution in [0.2, 0.25) is 0 Å². The molecular weight excluding hydrogens is 517 g/mol. The predicted molar refractivity (Wildman–Crippen MR) is 133 cm³/mol. The average molecular weight is 549 g/mol. The monoisotopic (exact) mass is 548 g/mol. The summed E-state index contributed by atoms with van der Waals surface area (Å²) in [4.78, 5) is 27.9. The van der Waals surface area contributed by atoms with Crippen LogP contribution in [-0.4, -0.2) is 68.2 Å². The minimum atomic E-state index is -4.78. The van der Waals surface area contributed by atoms with Gasteiger partial charge in [0, 0.05) is 32.4 Å². The number of halogens is 3. The lowest BCUT2D eigenvalue weighted by Gasteiger charge is -2.43. The second kappa shape index (κ2) is 10.7. The normalized spacial score (nSPS) is 22.1. The quantitative estimate of drug-likeness (QED) is 0.496. The molecule has 2 aromatic rings. The molecule has 1 atom stereocenters. The number of rotatable bonds is 8. The van der Waals surface area contributed by atoms with Gasteiger partial charge in [0.2, 0.25) is 5.91 Å². The molecular formula is C28H31F3N2O6. The highest BCUT2D eigenvalue weighted by atomic mass is 19.4. The number of benzene rings is 2. The Balaban J connectivity index is 1.27. The standard InChI is InChI=1S/C28H31F3N2O6/c1-36-24(34)19-5-7-20(8-6-19)26(10-11-26)32-25(35)27(12-15-37-16-13-27)33-14-9-23(18-33)38-21-3-2-4-22(17-21)39-28(29,30)31/h2-8,17,23H,9-16,18H2,1H3,(H,32,35)/t23-/m1/s1. The molecule has 0 unspecified atom stereocenters. The lowest BCUT2D eigenvalue weighted by Crippen LogP contribution is -2.62. The number of nitrogens with zero attached hydrogens (tertiary/aromatic N) is 1. The number of hydrogen-bond acceptors (Lipinski definition) is 7. The van der Waals surface area contributed by atoms with Gasteiger partial charge in [0.25, 0.3) is 0 Å². The Bertz CT molecular complexity index is 1190. The topological polar surface area (TPSA) is 86.3 Å². The van der Waals surface area contributed by atoms with Crippen LogP contribution in [0.5, 0.6) is 11.5 Å². The summed E-state index contributed by atoms with van der Waals surface area (Å²) in [5, 5.41) is 3.31. The molecule has 1 N–H and O–H groups in total. The third kappa shape index (κ3) is 5.99. The van der Waals surface area contributed by atoms with Crippen LogP contribution in [-0.2, 0) is 19.8 Å². The fourth-order valence-corrected chi connectivity index (χ4v) is 5.53. The summed E-state index contributed by atoms with van der Waals surface area (Å²) in [7, 11) is 1.33. The predicted octanol–water partition coefficient (Wildman–Crippen LogP) is 4.18. The molecule has 39 heavy (non-hydrogen) atoms. The largest absolute Gasteiger partial charge is 0.573 e. The Morgan fingerprint density at radius 3 is 2.36 bits per heavy atom. The van der Waals surface area contributed by atoms with Crippen molar-refractivity contribution >= 4 is 11.9 Å². The van der Waals surface area contributed by atoms with Crippen molar-refractivity contribution in [2.75, 3.05) is 33.4 Å². The van der Waals surface area contributed by atoms with Gasteiger partial charge < -0.3 is 24.3 Å². The number of ether oxygens (including phenoxy) is 4. The van der Waals surface area contributed by atoms with Crippen LogP contribution in [0.3, 0.4) is 0 Å². The molecule has 2 saturated heterocycles. The second-order valence-corrected chi connectivity index (χ2v) is 10.2. The molecule has 1 saturated carbocycles. The molecule has 1 amide bonds. The number of alkyl halides is 3. The molecule has 0 spiro atoms. The van der Waals surface area contributed by atoms with Crippen molar-refractivity contribution in [2.45, 2.75) is 55.6 Å². The molecule has 0 radical (unpaired) electrons. The Kier molecular flexibility index (Phi) is 7.47. The van der Waals surface area contributed by atoms with Crippen molar-refractivity contribution in [1.29, 1.82) is 0 Å². The van der Waals surface area contributed by atoms with Crippen LogP contribution in [0.15, 0.2) is 48.5 Å². The van der Waals surface area contributed by atoms with Gasteiger partial charge in [0.1, 0.15) is 23.1 Å². The van der Waals surface area contributed by atoms with Crippen molar-refractivity contribution in [2.24, 2.45) is 0 Å². The minimum absolute atomic E-state index is 0.0680. The number of carbonyl (C=O) groups excluding carboxylic acids is 2. The molecule has 8 nitrogen and oxygen atoms in total. The summed E-state index contributed by atoms with van der Waals surface area (Å²) in [6, 6.07) is 12.6. The van der Waals surface area contributed by atoms with Crippen LogP contribution in [0.1, 0.15) is 48.0 Å². The highest BCUT2D eigenvalue weighted by Crippen LogP contribution is 2.47. The van der Waals surface area contributed by atoms with E-state index in [0.29, 0.717) is 51.1 Å². The Morgan fingerprint density at radius 2 is 1.72 bits per heavy atom. The van der Waals surface area contributed by atoms with E-state index in [2.05, 4.69) is 15.0 Å². The van der Waals surface area contributed by atoms with Gasteiger partial charge in [-0.2, -0.15) is 0 Å². The minimum Gasteiger partial charge on any atom is -0.489 e. The summed E-state index contributed by atoms with van der Waals surface area (Å²) in [5.41, 5.74) is 0.127. The summed E-state index contributed by atoms with van der Waals surface area (Å²) >= 11 is 0. The number of nitrogens with one attached hydrogen (secondary N) is 1. The first-order valence-electron chi connectivity index (χ1n) is 13.0. The van der Waals surface area contributed by atoms with Crippen LogP contribution < -0.4 is 14.8 Å². The fraction of sp³-hybridized carbons (Fsp3) is 0.500. The van der Waals surface area contributed by atoms with Crippen LogP contribution in [0.4, 0.5) is 13.2 Å². The van der Waals surface area contributed by atoms with E-state index in [4.69, 9.17) is 14.2 Å². The maximum atomic E-state index is 14.0. The van der Waals surface area contributed by atoms with Gasteiger partial charge in [0.05, 0.1) is 18.2 Å². The number of hydrogen-bond donors (Lipinski definition) is 1. The van der Waals surface area contributed by atoms with Gasteiger partial charge >= 0.3 is 12.3 Å². The maximum absolute atomic E-state index is 14.0. The molecule has 2 aliphatic heterocycles. The fourth-order valence-electron chi connectivity index (χ4n) is 5.53. The van der Waals surface area contributed by atoms with Gasteiger partial charge in [-0.05, 0) is 61.9 Å². The van der Waals surface area contributed by atoms with Crippen molar-refractivity contribution in [3.05, 3.63) is 59.7 Å². The maximum Gasteiger partial charge on any atom is 0.573 e. The van der Waals surface area contributed by atoms with Crippen molar-refractivity contribution in [3.8, 4) is 11.5 Å².